The highest BCUT2D eigenvalue weighted by molar-refractivity contribution is 5.08. The van der Waals surface area contributed by atoms with Gasteiger partial charge in [-0.15, -0.1) is 0 Å². The maximum atomic E-state index is 4.11. The van der Waals surface area contributed by atoms with E-state index in [9.17, 15) is 0 Å². The molecule has 1 aromatic rings. The van der Waals surface area contributed by atoms with Gasteiger partial charge in [-0.1, -0.05) is 6.07 Å². The largest absolute Gasteiger partial charge is 0.313 e. The minimum atomic E-state index is 0.194. The van der Waals surface area contributed by atoms with E-state index in [0.29, 0.717) is 6.04 Å². The van der Waals surface area contributed by atoms with Crippen LogP contribution in [-0.2, 0) is 6.42 Å². The molecule has 0 radical (unpaired) electrons. The molecule has 1 heterocycles. The van der Waals surface area contributed by atoms with E-state index >= 15 is 0 Å². The van der Waals surface area contributed by atoms with Crippen molar-refractivity contribution in [1.29, 1.82) is 0 Å². The number of aromatic nitrogens is 1. The summed E-state index contributed by atoms with van der Waals surface area (Å²) in [4.78, 5) is 4.11. The summed E-state index contributed by atoms with van der Waals surface area (Å²) in [6.45, 7) is 10.8. The quantitative estimate of drug-likeness (QED) is 0.792. The van der Waals surface area contributed by atoms with E-state index in [1.807, 2.05) is 18.5 Å². The summed E-state index contributed by atoms with van der Waals surface area (Å²) in [6.07, 6.45) is 4.78. The molecule has 0 aliphatic carbocycles. The summed E-state index contributed by atoms with van der Waals surface area (Å²) >= 11 is 0. The fourth-order valence-corrected chi connectivity index (χ4v) is 1.54. The average molecular weight is 235 g/mol. The van der Waals surface area contributed by atoms with Crippen molar-refractivity contribution in [3.63, 3.8) is 0 Å². The fraction of sp³-hybridized carbons (Fsp3) is 0.643. The zero-order valence-corrected chi connectivity index (χ0v) is 11.5. The van der Waals surface area contributed by atoms with E-state index in [4.69, 9.17) is 0 Å². The Morgan fingerprint density at radius 3 is 2.71 bits per heavy atom. The van der Waals surface area contributed by atoms with Gasteiger partial charge in [-0.05, 0) is 52.3 Å². The van der Waals surface area contributed by atoms with Crippen molar-refractivity contribution in [2.24, 2.45) is 0 Å². The summed E-state index contributed by atoms with van der Waals surface area (Å²) in [6, 6.07) is 4.60. The molecule has 0 amide bonds. The molecule has 1 rings (SSSR count). The standard InChI is InChI=1S/C14H25N3/c1-12(10-17-14(2,3)4)16-9-7-13-6-5-8-15-11-13/h5-6,8,11-12,16-17H,7,9-10H2,1-4H3. The van der Waals surface area contributed by atoms with Crippen LogP contribution in [0, 0.1) is 0 Å². The van der Waals surface area contributed by atoms with Gasteiger partial charge in [0.05, 0.1) is 0 Å². The highest BCUT2D eigenvalue weighted by Crippen LogP contribution is 1.99. The van der Waals surface area contributed by atoms with Crippen molar-refractivity contribution >= 4 is 0 Å². The second-order valence-electron chi connectivity index (χ2n) is 5.60. The predicted molar refractivity (Wildman–Crippen MR) is 73.2 cm³/mol. The van der Waals surface area contributed by atoms with Gasteiger partial charge in [0.1, 0.15) is 0 Å². The third-order valence-electron chi connectivity index (χ3n) is 2.57. The number of hydrogen-bond acceptors (Lipinski definition) is 3. The third-order valence-corrected chi connectivity index (χ3v) is 2.57. The van der Waals surface area contributed by atoms with Gasteiger partial charge in [0.25, 0.3) is 0 Å². The number of hydrogen-bond donors (Lipinski definition) is 2. The molecule has 17 heavy (non-hydrogen) atoms. The van der Waals surface area contributed by atoms with Crippen LogP contribution >= 0.6 is 0 Å². The van der Waals surface area contributed by atoms with E-state index < -0.39 is 0 Å². The molecule has 0 saturated carbocycles. The smallest absolute Gasteiger partial charge is 0.0300 e. The van der Waals surface area contributed by atoms with Crippen LogP contribution in [0.2, 0.25) is 0 Å². The molecular weight excluding hydrogens is 210 g/mol. The van der Waals surface area contributed by atoms with Crippen LogP contribution in [0.3, 0.4) is 0 Å². The molecule has 0 aromatic carbocycles. The van der Waals surface area contributed by atoms with Crippen LogP contribution in [0.5, 0.6) is 0 Å². The Labute approximate surface area is 105 Å². The highest BCUT2D eigenvalue weighted by atomic mass is 15.0. The summed E-state index contributed by atoms with van der Waals surface area (Å²) in [7, 11) is 0. The van der Waals surface area contributed by atoms with Crippen LogP contribution in [0.4, 0.5) is 0 Å². The molecule has 2 N–H and O–H groups in total. The molecule has 3 heteroatoms. The maximum absolute atomic E-state index is 4.11. The van der Waals surface area contributed by atoms with Crippen molar-refractivity contribution < 1.29 is 0 Å². The van der Waals surface area contributed by atoms with E-state index in [0.717, 1.165) is 19.5 Å². The lowest BCUT2D eigenvalue weighted by Crippen LogP contribution is -2.44. The second-order valence-corrected chi connectivity index (χ2v) is 5.60. The van der Waals surface area contributed by atoms with Crippen LogP contribution in [0.25, 0.3) is 0 Å². The van der Waals surface area contributed by atoms with Crippen LogP contribution in [0.1, 0.15) is 33.3 Å². The molecular formula is C14H25N3. The highest BCUT2D eigenvalue weighted by Gasteiger charge is 2.10. The molecule has 1 atom stereocenters. The van der Waals surface area contributed by atoms with Crippen molar-refractivity contribution in [3.8, 4) is 0 Å². The van der Waals surface area contributed by atoms with Crippen molar-refractivity contribution in [1.82, 2.24) is 15.6 Å². The van der Waals surface area contributed by atoms with Crippen LogP contribution in [-0.4, -0.2) is 29.7 Å². The molecule has 0 fully saturated rings. The fourth-order valence-electron chi connectivity index (χ4n) is 1.54. The van der Waals surface area contributed by atoms with E-state index in [2.05, 4.69) is 49.4 Å². The number of nitrogens with one attached hydrogen (secondary N) is 2. The predicted octanol–water partition coefficient (Wildman–Crippen LogP) is 1.99. The van der Waals surface area contributed by atoms with E-state index in [-0.39, 0.29) is 5.54 Å². The maximum Gasteiger partial charge on any atom is 0.0300 e. The molecule has 0 aliphatic heterocycles. The lowest BCUT2D eigenvalue weighted by Gasteiger charge is -2.24. The van der Waals surface area contributed by atoms with Crippen LogP contribution in [0.15, 0.2) is 24.5 Å². The van der Waals surface area contributed by atoms with Crippen LogP contribution < -0.4 is 10.6 Å². The van der Waals surface area contributed by atoms with Crippen molar-refractivity contribution in [2.75, 3.05) is 13.1 Å². The summed E-state index contributed by atoms with van der Waals surface area (Å²) < 4.78 is 0. The molecule has 0 saturated heterocycles. The first-order valence-electron chi connectivity index (χ1n) is 6.35. The Hall–Kier alpha value is -0.930. The summed E-state index contributed by atoms with van der Waals surface area (Å²) in [5.74, 6) is 0. The van der Waals surface area contributed by atoms with Gasteiger partial charge in [-0.2, -0.15) is 0 Å². The second kappa shape index (κ2) is 6.72. The third kappa shape index (κ3) is 7.08. The van der Waals surface area contributed by atoms with Gasteiger partial charge in [-0.25, -0.2) is 0 Å². The molecule has 0 bridgehead atoms. The number of pyridine rings is 1. The molecule has 0 spiro atoms. The first-order valence-corrected chi connectivity index (χ1v) is 6.35. The Bertz CT molecular complexity index is 303. The Kier molecular flexibility index (Phi) is 5.59. The summed E-state index contributed by atoms with van der Waals surface area (Å²) in [5, 5.41) is 7.01. The van der Waals surface area contributed by atoms with Gasteiger partial charge >= 0.3 is 0 Å². The molecule has 96 valence electrons. The van der Waals surface area contributed by atoms with Crippen molar-refractivity contribution in [3.05, 3.63) is 30.1 Å². The summed E-state index contributed by atoms with van der Waals surface area (Å²) in [5.41, 5.74) is 1.48. The van der Waals surface area contributed by atoms with Gasteiger partial charge in [-0.3, -0.25) is 4.98 Å². The lowest BCUT2D eigenvalue weighted by molar-refractivity contribution is 0.389. The minimum absolute atomic E-state index is 0.194. The van der Waals surface area contributed by atoms with Gasteiger partial charge in [0.15, 0.2) is 0 Å². The Morgan fingerprint density at radius 2 is 2.12 bits per heavy atom. The number of nitrogens with zero attached hydrogens (tertiary/aromatic N) is 1. The van der Waals surface area contributed by atoms with Gasteiger partial charge in [0.2, 0.25) is 0 Å². The molecule has 1 unspecified atom stereocenters. The first kappa shape index (κ1) is 14.1. The topological polar surface area (TPSA) is 37.0 Å². The molecule has 3 nitrogen and oxygen atoms in total. The average Bonchev–Trinajstić information content (AvgIpc) is 2.27. The zero-order chi connectivity index (χ0) is 12.7. The SMILES string of the molecule is CC(CNC(C)(C)C)NCCc1cccnc1. The molecule has 1 aromatic heterocycles. The minimum Gasteiger partial charge on any atom is -0.313 e. The van der Waals surface area contributed by atoms with Crippen molar-refractivity contribution in [2.45, 2.75) is 45.7 Å². The molecule has 0 aliphatic rings. The van der Waals surface area contributed by atoms with E-state index in [1.54, 1.807) is 0 Å². The van der Waals surface area contributed by atoms with Gasteiger partial charge < -0.3 is 10.6 Å². The number of rotatable bonds is 6. The monoisotopic (exact) mass is 235 g/mol. The van der Waals surface area contributed by atoms with E-state index in [1.165, 1.54) is 5.56 Å². The van der Waals surface area contributed by atoms with Gasteiger partial charge in [0, 0.05) is 30.5 Å². The lowest BCUT2D eigenvalue weighted by atomic mass is 10.1. The normalized spacial score (nSPS) is 13.6. The zero-order valence-electron chi connectivity index (χ0n) is 11.5. The first-order chi connectivity index (χ1) is 7.97. The Morgan fingerprint density at radius 1 is 1.35 bits per heavy atom. The Balaban J connectivity index is 2.14.